The average Bonchev–Trinajstić information content (AvgIpc) is 2.52. The summed E-state index contributed by atoms with van der Waals surface area (Å²) in [6.45, 7) is 1.15. The highest BCUT2D eigenvalue weighted by atomic mass is 19.1. The summed E-state index contributed by atoms with van der Waals surface area (Å²) >= 11 is 0. The quantitative estimate of drug-likeness (QED) is 0.829. The number of halogens is 1. The van der Waals surface area contributed by atoms with E-state index in [0.717, 1.165) is 31.6 Å². The van der Waals surface area contributed by atoms with Crippen molar-refractivity contribution in [3.8, 4) is 5.75 Å². The zero-order valence-corrected chi connectivity index (χ0v) is 9.90. The first-order chi connectivity index (χ1) is 8.13. The molecule has 0 bridgehead atoms. The van der Waals surface area contributed by atoms with Crippen molar-refractivity contribution < 1.29 is 9.50 Å². The van der Waals surface area contributed by atoms with E-state index >= 15 is 0 Å². The molecule has 0 saturated carbocycles. The maximum Gasteiger partial charge on any atom is 0.117 e. The second-order valence-electron chi connectivity index (χ2n) is 4.86. The van der Waals surface area contributed by atoms with Crippen LogP contribution in [0.25, 0.3) is 0 Å². The molecule has 1 aliphatic rings. The lowest BCUT2D eigenvalue weighted by atomic mass is 9.94. The Morgan fingerprint density at radius 3 is 2.88 bits per heavy atom. The number of nitrogens with zero attached hydrogens (tertiary/aromatic N) is 1. The number of aromatic hydroxyl groups is 1. The summed E-state index contributed by atoms with van der Waals surface area (Å²) < 4.78 is 12.9. The Kier molecular flexibility index (Phi) is 3.52. The standard InChI is InChI=1S/C13H19FN2O/c14-10-13(15)5-2-7-16(8-6-13)11-3-1-4-12(17)9-11/h1,3-4,9,17H,2,5-8,10,15H2. The first-order valence-electron chi connectivity index (χ1n) is 6.02. The third-order valence-electron chi connectivity index (χ3n) is 3.44. The molecule has 1 saturated heterocycles. The predicted molar refractivity (Wildman–Crippen MR) is 67.1 cm³/mol. The molecule has 1 aromatic carbocycles. The van der Waals surface area contributed by atoms with Crippen molar-refractivity contribution in [2.75, 3.05) is 24.7 Å². The van der Waals surface area contributed by atoms with Gasteiger partial charge < -0.3 is 15.7 Å². The second kappa shape index (κ2) is 4.92. The fraction of sp³-hybridized carbons (Fsp3) is 0.538. The number of nitrogens with two attached hydrogens (primary N) is 1. The molecule has 94 valence electrons. The van der Waals surface area contributed by atoms with Crippen molar-refractivity contribution >= 4 is 5.69 Å². The molecule has 17 heavy (non-hydrogen) atoms. The SMILES string of the molecule is NC1(CF)CCCN(c2cccc(O)c2)CC1. The van der Waals surface area contributed by atoms with Crippen molar-refractivity contribution in [1.82, 2.24) is 0 Å². The Morgan fingerprint density at radius 1 is 1.35 bits per heavy atom. The van der Waals surface area contributed by atoms with Gasteiger partial charge in [-0.3, -0.25) is 0 Å². The van der Waals surface area contributed by atoms with Gasteiger partial charge in [0, 0.05) is 30.4 Å². The highest BCUT2D eigenvalue weighted by Crippen LogP contribution is 2.26. The van der Waals surface area contributed by atoms with Crippen LogP contribution in [-0.4, -0.2) is 30.4 Å². The molecule has 1 atom stereocenters. The van der Waals surface area contributed by atoms with Crippen molar-refractivity contribution in [2.45, 2.75) is 24.8 Å². The molecule has 1 heterocycles. The Balaban J connectivity index is 2.09. The van der Waals surface area contributed by atoms with E-state index in [2.05, 4.69) is 4.90 Å². The number of phenols is 1. The van der Waals surface area contributed by atoms with Gasteiger partial charge in [-0.15, -0.1) is 0 Å². The summed E-state index contributed by atoms with van der Waals surface area (Å²) in [7, 11) is 0. The van der Waals surface area contributed by atoms with Gasteiger partial charge in [0.05, 0.1) is 0 Å². The summed E-state index contributed by atoms with van der Waals surface area (Å²) in [4.78, 5) is 2.16. The molecular weight excluding hydrogens is 219 g/mol. The van der Waals surface area contributed by atoms with Gasteiger partial charge in [0.2, 0.25) is 0 Å². The largest absolute Gasteiger partial charge is 0.508 e. The zero-order chi connectivity index (χ0) is 12.3. The van der Waals surface area contributed by atoms with Gasteiger partial charge >= 0.3 is 0 Å². The van der Waals surface area contributed by atoms with E-state index in [9.17, 15) is 9.50 Å². The van der Waals surface area contributed by atoms with Crippen molar-refractivity contribution in [3.05, 3.63) is 24.3 Å². The highest BCUT2D eigenvalue weighted by molar-refractivity contribution is 5.50. The van der Waals surface area contributed by atoms with Crippen LogP contribution < -0.4 is 10.6 Å². The fourth-order valence-corrected chi connectivity index (χ4v) is 2.30. The number of alkyl halides is 1. The first-order valence-corrected chi connectivity index (χ1v) is 6.02. The minimum atomic E-state index is -0.661. The van der Waals surface area contributed by atoms with Crippen LogP contribution in [0.1, 0.15) is 19.3 Å². The van der Waals surface area contributed by atoms with E-state index < -0.39 is 12.2 Å². The zero-order valence-electron chi connectivity index (χ0n) is 9.90. The van der Waals surface area contributed by atoms with Crippen LogP contribution in [-0.2, 0) is 0 Å². The predicted octanol–water partition coefficient (Wildman–Crippen LogP) is 2.05. The maximum absolute atomic E-state index is 12.9. The molecule has 0 radical (unpaired) electrons. The molecule has 3 nitrogen and oxygen atoms in total. The maximum atomic E-state index is 12.9. The van der Waals surface area contributed by atoms with Crippen LogP contribution in [0.3, 0.4) is 0 Å². The smallest absolute Gasteiger partial charge is 0.117 e. The molecule has 1 fully saturated rings. The lowest BCUT2D eigenvalue weighted by Gasteiger charge is -2.25. The Labute approximate surface area is 101 Å². The van der Waals surface area contributed by atoms with E-state index in [1.807, 2.05) is 12.1 Å². The lowest BCUT2D eigenvalue weighted by molar-refractivity contribution is 0.282. The molecule has 0 spiro atoms. The van der Waals surface area contributed by atoms with Gasteiger partial charge in [0.1, 0.15) is 12.4 Å². The lowest BCUT2D eigenvalue weighted by Crippen LogP contribution is -2.43. The molecule has 0 amide bonds. The molecule has 1 aromatic rings. The number of benzene rings is 1. The fourth-order valence-electron chi connectivity index (χ4n) is 2.30. The Bertz CT molecular complexity index is 385. The van der Waals surface area contributed by atoms with Gasteiger partial charge in [-0.25, -0.2) is 4.39 Å². The molecule has 2 rings (SSSR count). The van der Waals surface area contributed by atoms with Gasteiger partial charge in [-0.1, -0.05) is 6.07 Å². The van der Waals surface area contributed by atoms with Gasteiger partial charge in [0.15, 0.2) is 0 Å². The van der Waals surface area contributed by atoms with Crippen LogP contribution in [0.5, 0.6) is 5.75 Å². The number of rotatable bonds is 2. The molecule has 4 heteroatoms. The van der Waals surface area contributed by atoms with E-state index in [0.29, 0.717) is 6.42 Å². The summed E-state index contributed by atoms with van der Waals surface area (Å²) in [5.74, 6) is 0.260. The van der Waals surface area contributed by atoms with Crippen LogP contribution in [0.15, 0.2) is 24.3 Å². The van der Waals surface area contributed by atoms with E-state index in [-0.39, 0.29) is 5.75 Å². The first kappa shape index (κ1) is 12.2. The summed E-state index contributed by atoms with van der Waals surface area (Å²) in [6.07, 6.45) is 2.26. The number of hydrogen-bond acceptors (Lipinski definition) is 3. The molecule has 0 aromatic heterocycles. The second-order valence-corrected chi connectivity index (χ2v) is 4.86. The number of anilines is 1. The molecule has 0 aliphatic carbocycles. The van der Waals surface area contributed by atoms with E-state index in [1.54, 1.807) is 12.1 Å². The third-order valence-corrected chi connectivity index (χ3v) is 3.44. The van der Waals surface area contributed by atoms with Crippen LogP contribution >= 0.6 is 0 Å². The summed E-state index contributed by atoms with van der Waals surface area (Å²) in [5, 5.41) is 9.45. The third kappa shape index (κ3) is 2.88. The summed E-state index contributed by atoms with van der Waals surface area (Å²) in [6, 6.07) is 7.16. The van der Waals surface area contributed by atoms with Crippen molar-refractivity contribution in [2.24, 2.45) is 5.73 Å². The van der Waals surface area contributed by atoms with Crippen molar-refractivity contribution in [3.63, 3.8) is 0 Å². The highest BCUT2D eigenvalue weighted by Gasteiger charge is 2.28. The van der Waals surface area contributed by atoms with Crippen molar-refractivity contribution in [1.29, 1.82) is 0 Å². The minimum Gasteiger partial charge on any atom is -0.508 e. The van der Waals surface area contributed by atoms with E-state index in [1.165, 1.54) is 0 Å². The Hall–Kier alpha value is -1.29. The van der Waals surface area contributed by atoms with E-state index in [4.69, 9.17) is 5.73 Å². The average molecular weight is 238 g/mol. The Morgan fingerprint density at radius 2 is 2.18 bits per heavy atom. The normalized spacial score (nSPS) is 25.6. The minimum absolute atomic E-state index is 0.260. The van der Waals surface area contributed by atoms with Gasteiger partial charge in [-0.05, 0) is 31.4 Å². The van der Waals surface area contributed by atoms with Crippen LogP contribution in [0.4, 0.5) is 10.1 Å². The van der Waals surface area contributed by atoms with Crippen LogP contribution in [0, 0.1) is 0 Å². The molecule has 3 N–H and O–H groups in total. The molecular formula is C13H19FN2O. The molecule has 1 unspecified atom stereocenters. The number of phenolic OH excluding ortho intramolecular Hbond substituents is 1. The summed E-state index contributed by atoms with van der Waals surface area (Å²) in [5.41, 5.74) is 6.30. The van der Waals surface area contributed by atoms with Gasteiger partial charge in [-0.2, -0.15) is 0 Å². The van der Waals surface area contributed by atoms with Crippen LogP contribution in [0.2, 0.25) is 0 Å². The number of hydrogen-bond donors (Lipinski definition) is 2. The monoisotopic (exact) mass is 238 g/mol. The molecule has 1 aliphatic heterocycles. The van der Waals surface area contributed by atoms with Gasteiger partial charge in [0.25, 0.3) is 0 Å². The topological polar surface area (TPSA) is 49.5 Å².